The molecular weight excluding hydrogens is 393 g/mol. The van der Waals surface area contributed by atoms with Crippen LogP contribution in [0.3, 0.4) is 0 Å². The van der Waals surface area contributed by atoms with Gasteiger partial charge >= 0.3 is 0 Å². The Labute approximate surface area is 158 Å². The summed E-state index contributed by atoms with van der Waals surface area (Å²) in [6, 6.07) is 19.2. The summed E-state index contributed by atoms with van der Waals surface area (Å²) < 4.78 is 0. The molecule has 0 aromatic heterocycles. The van der Waals surface area contributed by atoms with Crippen LogP contribution in [0.1, 0.15) is 38.8 Å². The fourth-order valence-corrected chi connectivity index (χ4v) is 1.78. The summed E-state index contributed by atoms with van der Waals surface area (Å²) in [6.45, 7) is 7.23. The molecule has 0 radical (unpaired) electrons. The molecule has 0 aliphatic rings. The zero-order chi connectivity index (χ0) is 16.6. The third-order valence-corrected chi connectivity index (χ3v) is 3.39. The Morgan fingerprint density at radius 3 is 1.09 bits per heavy atom. The van der Waals surface area contributed by atoms with Gasteiger partial charge in [0.05, 0.1) is 0 Å². The number of hydrogen-bond donors (Lipinski definition) is 2. The van der Waals surface area contributed by atoms with E-state index in [0.717, 1.165) is 11.1 Å². The van der Waals surface area contributed by atoms with Gasteiger partial charge in [0, 0.05) is 27.3 Å². The van der Waals surface area contributed by atoms with E-state index in [1.54, 1.807) is 0 Å². The molecule has 0 unspecified atom stereocenters. The first-order chi connectivity index (χ1) is 10.3. The molecular formula is C18H24CdO4. The third-order valence-electron chi connectivity index (χ3n) is 3.39. The van der Waals surface area contributed by atoms with Crippen LogP contribution in [0.25, 0.3) is 0 Å². The molecule has 2 N–H and O–H groups in total. The molecule has 0 bridgehead atoms. The zero-order valence-corrected chi connectivity index (χ0v) is 18.2. The first kappa shape index (κ1) is 22.2. The monoisotopic (exact) mass is 418 g/mol. The van der Waals surface area contributed by atoms with Gasteiger partial charge in [0.15, 0.2) is 0 Å². The molecule has 0 saturated carbocycles. The van der Waals surface area contributed by atoms with Crippen molar-refractivity contribution in [2.24, 2.45) is 0 Å². The molecule has 2 aromatic rings. The molecule has 0 aliphatic heterocycles. The Morgan fingerprint density at radius 1 is 0.609 bits per heavy atom. The maximum absolute atomic E-state index is 8.55. The fourth-order valence-electron chi connectivity index (χ4n) is 1.78. The Kier molecular flexibility index (Phi) is 9.80. The topological polar surface area (TPSA) is 58.9 Å². The summed E-state index contributed by atoms with van der Waals surface area (Å²) in [5.74, 6) is 0. The van der Waals surface area contributed by atoms with Crippen LogP contribution < -0.4 is 0 Å². The Hall–Kier alpha value is -0.798. The molecule has 0 amide bonds. The van der Waals surface area contributed by atoms with E-state index in [-0.39, 0.29) is 27.3 Å². The van der Waals surface area contributed by atoms with Crippen molar-refractivity contribution in [3.63, 3.8) is 0 Å². The number of hydrogen-bond acceptors (Lipinski definition) is 4. The van der Waals surface area contributed by atoms with Crippen LogP contribution >= 0.6 is 0 Å². The minimum atomic E-state index is -0.610. The summed E-state index contributed by atoms with van der Waals surface area (Å²) in [6.07, 6.45) is 0. The quantitative estimate of drug-likeness (QED) is 0.426. The SMILES string of the molecule is CC(C)(OO)c1ccccc1.CC(C)(OO)c1ccccc1.[Cd]. The van der Waals surface area contributed by atoms with Crippen molar-refractivity contribution in [2.45, 2.75) is 38.9 Å². The summed E-state index contributed by atoms with van der Waals surface area (Å²) >= 11 is 0. The van der Waals surface area contributed by atoms with Crippen molar-refractivity contribution in [1.82, 2.24) is 0 Å². The van der Waals surface area contributed by atoms with E-state index >= 15 is 0 Å². The molecule has 0 heterocycles. The van der Waals surface area contributed by atoms with E-state index in [2.05, 4.69) is 9.78 Å². The minimum Gasteiger partial charge on any atom is -0.251 e. The van der Waals surface area contributed by atoms with E-state index in [9.17, 15) is 0 Å². The van der Waals surface area contributed by atoms with E-state index in [1.165, 1.54) is 0 Å². The summed E-state index contributed by atoms with van der Waals surface area (Å²) in [7, 11) is 0. The van der Waals surface area contributed by atoms with Crippen molar-refractivity contribution in [1.29, 1.82) is 0 Å². The van der Waals surface area contributed by atoms with Crippen LogP contribution in [0.15, 0.2) is 60.7 Å². The molecule has 0 fully saturated rings. The van der Waals surface area contributed by atoms with Crippen molar-refractivity contribution < 1.29 is 47.6 Å². The largest absolute Gasteiger partial charge is 0.251 e. The summed E-state index contributed by atoms with van der Waals surface area (Å²) in [5, 5.41) is 17.1. The Balaban J connectivity index is 0.000000403. The number of rotatable bonds is 4. The van der Waals surface area contributed by atoms with Gasteiger partial charge < -0.3 is 0 Å². The second kappa shape index (κ2) is 10.1. The average Bonchev–Trinajstić information content (AvgIpc) is 2.57. The van der Waals surface area contributed by atoms with Gasteiger partial charge in [-0.1, -0.05) is 60.7 Å². The van der Waals surface area contributed by atoms with E-state index in [1.807, 2.05) is 88.4 Å². The van der Waals surface area contributed by atoms with Gasteiger partial charge in [0.2, 0.25) is 0 Å². The van der Waals surface area contributed by atoms with Gasteiger partial charge in [0.25, 0.3) is 0 Å². The normalized spacial score (nSPS) is 11.0. The maximum atomic E-state index is 8.55. The molecule has 0 atom stereocenters. The molecule has 0 spiro atoms. The van der Waals surface area contributed by atoms with Crippen molar-refractivity contribution in [3.8, 4) is 0 Å². The second-order valence-electron chi connectivity index (χ2n) is 5.94. The average molecular weight is 417 g/mol. The Morgan fingerprint density at radius 2 is 0.870 bits per heavy atom. The van der Waals surface area contributed by atoms with Gasteiger partial charge in [-0.05, 0) is 38.8 Å². The second-order valence-corrected chi connectivity index (χ2v) is 5.94. The fraction of sp³-hybridized carbons (Fsp3) is 0.333. The van der Waals surface area contributed by atoms with E-state index in [4.69, 9.17) is 10.5 Å². The zero-order valence-electron chi connectivity index (χ0n) is 14.2. The smallest absolute Gasteiger partial charge is 0.123 e. The first-order valence-electron chi connectivity index (χ1n) is 7.09. The van der Waals surface area contributed by atoms with Crippen molar-refractivity contribution in [2.75, 3.05) is 0 Å². The summed E-state index contributed by atoms with van der Waals surface area (Å²) in [5.41, 5.74) is 0.702. The molecule has 122 valence electrons. The van der Waals surface area contributed by atoms with Crippen LogP contribution in [0.5, 0.6) is 0 Å². The van der Waals surface area contributed by atoms with Crippen LogP contribution in [-0.4, -0.2) is 10.5 Å². The molecule has 2 rings (SSSR count). The Bertz CT molecular complexity index is 490. The van der Waals surface area contributed by atoms with E-state index < -0.39 is 11.2 Å². The molecule has 5 heteroatoms. The van der Waals surface area contributed by atoms with Crippen molar-refractivity contribution in [3.05, 3.63) is 71.8 Å². The van der Waals surface area contributed by atoms with E-state index in [0.29, 0.717) is 0 Å². The molecule has 2 aromatic carbocycles. The van der Waals surface area contributed by atoms with Gasteiger partial charge in [-0.3, -0.25) is 10.5 Å². The van der Waals surface area contributed by atoms with Gasteiger partial charge in [-0.25, -0.2) is 9.78 Å². The van der Waals surface area contributed by atoms with Crippen LogP contribution in [0.2, 0.25) is 0 Å². The van der Waals surface area contributed by atoms with Gasteiger partial charge in [-0.2, -0.15) is 0 Å². The molecule has 23 heavy (non-hydrogen) atoms. The third kappa shape index (κ3) is 7.09. The first-order valence-corrected chi connectivity index (χ1v) is 7.09. The van der Waals surface area contributed by atoms with Crippen LogP contribution in [-0.2, 0) is 48.3 Å². The summed E-state index contributed by atoms with van der Waals surface area (Å²) in [4.78, 5) is 8.65. The predicted molar refractivity (Wildman–Crippen MR) is 86.4 cm³/mol. The molecule has 0 saturated heterocycles. The standard InChI is InChI=1S/2C9H12O2.Cd/c2*1-9(2,11-10)8-6-4-3-5-7-8;/h2*3-7,10H,1-2H3;. The van der Waals surface area contributed by atoms with Crippen LogP contribution in [0.4, 0.5) is 0 Å². The minimum absolute atomic E-state index is 0. The van der Waals surface area contributed by atoms with Gasteiger partial charge in [0.1, 0.15) is 11.2 Å². The predicted octanol–water partition coefficient (Wildman–Crippen LogP) is 4.82. The number of benzene rings is 2. The maximum Gasteiger partial charge on any atom is 0.123 e. The molecule has 4 nitrogen and oxygen atoms in total. The van der Waals surface area contributed by atoms with Crippen molar-refractivity contribution >= 4 is 0 Å². The van der Waals surface area contributed by atoms with Gasteiger partial charge in [-0.15, -0.1) is 0 Å². The van der Waals surface area contributed by atoms with Crippen LogP contribution in [0, 0.1) is 0 Å². The molecule has 0 aliphatic carbocycles.